The molecule has 0 radical (unpaired) electrons. The van der Waals surface area contributed by atoms with Crippen LogP contribution >= 0.6 is 0 Å². The molecule has 1 amide bonds. The molecule has 4 rings (SSSR count). The van der Waals surface area contributed by atoms with Gasteiger partial charge in [0.05, 0.1) is 0 Å². The van der Waals surface area contributed by atoms with Crippen molar-refractivity contribution < 1.29 is 23.4 Å². The van der Waals surface area contributed by atoms with E-state index in [9.17, 15) is 4.79 Å². The van der Waals surface area contributed by atoms with Crippen LogP contribution in [0.3, 0.4) is 0 Å². The molecular weight excluding hydrogens is 350 g/mol. The summed E-state index contributed by atoms with van der Waals surface area (Å²) >= 11 is 0. The minimum atomic E-state index is -0.136. The third kappa shape index (κ3) is 4.00. The number of hydrogen-bond acceptors (Lipinski definition) is 7. The van der Waals surface area contributed by atoms with Crippen LogP contribution in [0.25, 0.3) is 0 Å². The second kappa shape index (κ2) is 7.48. The fourth-order valence-corrected chi connectivity index (χ4v) is 3.43. The molecule has 1 fully saturated rings. The molecule has 8 nitrogen and oxygen atoms in total. The van der Waals surface area contributed by atoms with E-state index in [2.05, 4.69) is 16.9 Å². The van der Waals surface area contributed by atoms with E-state index in [4.69, 9.17) is 18.6 Å². The van der Waals surface area contributed by atoms with Crippen LogP contribution in [0.1, 0.15) is 22.8 Å². The third-order valence-corrected chi connectivity index (χ3v) is 4.84. The minimum Gasteiger partial charge on any atom is -0.484 e. The zero-order valence-electron chi connectivity index (χ0n) is 15.5. The lowest BCUT2D eigenvalue weighted by Gasteiger charge is -2.20. The second-order valence-electron chi connectivity index (χ2n) is 7.03. The summed E-state index contributed by atoms with van der Waals surface area (Å²) in [5.74, 6) is 2.68. The molecule has 8 heteroatoms. The molecule has 2 aromatic rings. The van der Waals surface area contributed by atoms with Gasteiger partial charge in [0.25, 0.3) is 5.91 Å². The topological polar surface area (TPSA) is 77.3 Å². The van der Waals surface area contributed by atoms with E-state index in [0.717, 1.165) is 26.1 Å². The summed E-state index contributed by atoms with van der Waals surface area (Å²) in [6.45, 7) is 3.17. The average Bonchev–Trinajstić information content (AvgIpc) is 3.39. The largest absolute Gasteiger partial charge is 0.484 e. The summed E-state index contributed by atoms with van der Waals surface area (Å²) in [6, 6.07) is 5.33. The number of carbonyl (C=O) groups is 1. The monoisotopic (exact) mass is 373 g/mol. The van der Waals surface area contributed by atoms with Crippen molar-refractivity contribution in [2.75, 3.05) is 40.5 Å². The zero-order chi connectivity index (χ0) is 18.8. The van der Waals surface area contributed by atoms with Gasteiger partial charge in [-0.15, -0.1) is 0 Å². The van der Waals surface area contributed by atoms with Crippen LogP contribution in [0.15, 0.2) is 28.9 Å². The van der Waals surface area contributed by atoms with Gasteiger partial charge in [-0.05, 0) is 38.1 Å². The normalized spacial score (nSPS) is 18.7. The lowest BCUT2D eigenvalue weighted by molar-refractivity contribution is 0.0768. The first-order valence-electron chi connectivity index (χ1n) is 8.99. The zero-order valence-corrected chi connectivity index (χ0v) is 15.5. The highest BCUT2D eigenvalue weighted by Crippen LogP contribution is 2.35. The molecule has 0 aliphatic carbocycles. The number of benzene rings is 1. The van der Waals surface area contributed by atoms with E-state index < -0.39 is 0 Å². The summed E-state index contributed by atoms with van der Waals surface area (Å²) in [5, 5.41) is 0. The standard InChI is InChI=1S/C19H23N3O5/c1-21-6-5-13(8-21)9-22(2)19(23)15-10-25-18(20-15)11-24-14-3-4-16-17(7-14)27-12-26-16/h3-4,7,10,13H,5-6,8-9,11-12H2,1-2H3/t13-/m0/s1. The lowest BCUT2D eigenvalue weighted by Crippen LogP contribution is -2.33. The Morgan fingerprint density at radius 1 is 1.37 bits per heavy atom. The highest BCUT2D eigenvalue weighted by molar-refractivity contribution is 5.91. The Morgan fingerprint density at radius 3 is 3.04 bits per heavy atom. The first kappa shape index (κ1) is 17.7. The molecule has 27 heavy (non-hydrogen) atoms. The molecule has 0 N–H and O–H groups in total. The molecule has 2 aliphatic rings. The molecule has 1 aromatic heterocycles. The Labute approximate surface area is 157 Å². The quantitative estimate of drug-likeness (QED) is 0.766. The molecule has 144 valence electrons. The lowest BCUT2D eigenvalue weighted by atomic mass is 10.1. The molecule has 1 atom stereocenters. The molecule has 0 saturated carbocycles. The van der Waals surface area contributed by atoms with Crippen molar-refractivity contribution in [3.05, 3.63) is 36.0 Å². The maximum absolute atomic E-state index is 12.5. The van der Waals surface area contributed by atoms with Gasteiger partial charge in [0, 0.05) is 26.2 Å². The Balaban J connectivity index is 1.32. The number of aromatic nitrogens is 1. The van der Waals surface area contributed by atoms with Gasteiger partial charge in [-0.2, -0.15) is 0 Å². The Hall–Kier alpha value is -2.74. The number of fused-ring (bicyclic) bond motifs is 1. The smallest absolute Gasteiger partial charge is 0.275 e. The first-order chi connectivity index (χ1) is 13.1. The van der Waals surface area contributed by atoms with Crippen molar-refractivity contribution >= 4 is 5.91 Å². The molecule has 2 aliphatic heterocycles. The molecule has 0 bridgehead atoms. The van der Waals surface area contributed by atoms with Gasteiger partial charge >= 0.3 is 0 Å². The van der Waals surface area contributed by atoms with Crippen LogP contribution in [-0.4, -0.2) is 61.2 Å². The predicted octanol–water partition coefficient (Wildman–Crippen LogP) is 2.01. The van der Waals surface area contributed by atoms with Gasteiger partial charge in [0.15, 0.2) is 23.8 Å². The maximum atomic E-state index is 12.5. The van der Waals surface area contributed by atoms with Crippen LogP contribution in [0.5, 0.6) is 17.2 Å². The molecule has 0 spiro atoms. The summed E-state index contributed by atoms with van der Waals surface area (Å²) < 4.78 is 21.6. The Bertz CT molecular complexity index is 821. The average molecular weight is 373 g/mol. The van der Waals surface area contributed by atoms with Crippen LogP contribution < -0.4 is 14.2 Å². The number of rotatable bonds is 6. The van der Waals surface area contributed by atoms with Gasteiger partial charge < -0.3 is 28.4 Å². The number of hydrogen-bond donors (Lipinski definition) is 0. The second-order valence-corrected chi connectivity index (χ2v) is 7.03. The van der Waals surface area contributed by atoms with Crippen LogP contribution in [0.2, 0.25) is 0 Å². The van der Waals surface area contributed by atoms with E-state index in [1.165, 1.54) is 6.26 Å². The molecule has 1 saturated heterocycles. The van der Waals surface area contributed by atoms with Gasteiger partial charge in [-0.3, -0.25) is 4.79 Å². The van der Waals surface area contributed by atoms with Crippen molar-refractivity contribution in [1.82, 2.24) is 14.8 Å². The SMILES string of the molecule is CN1CC[C@H](CN(C)C(=O)c2coc(COc3ccc4c(c3)OCO4)n2)C1. The molecule has 3 heterocycles. The van der Waals surface area contributed by atoms with Gasteiger partial charge in [0.1, 0.15) is 12.0 Å². The molecular formula is C19H23N3O5. The number of carbonyl (C=O) groups excluding carboxylic acids is 1. The summed E-state index contributed by atoms with van der Waals surface area (Å²) in [5.41, 5.74) is 0.299. The summed E-state index contributed by atoms with van der Waals surface area (Å²) in [4.78, 5) is 20.8. The number of amides is 1. The fourth-order valence-electron chi connectivity index (χ4n) is 3.43. The minimum absolute atomic E-state index is 0.129. The predicted molar refractivity (Wildman–Crippen MR) is 96.0 cm³/mol. The Kier molecular flexibility index (Phi) is 4.89. The van der Waals surface area contributed by atoms with E-state index in [1.54, 1.807) is 30.1 Å². The summed E-state index contributed by atoms with van der Waals surface area (Å²) in [7, 11) is 3.91. The van der Waals surface area contributed by atoms with E-state index in [1.807, 2.05) is 0 Å². The number of likely N-dealkylation sites (tertiary alicyclic amines) is 1. The van der Waals surface area contributed by atoms with Crippen molar-refractivity contribution in [2.45, 2.75) is 13.0 Å². The van der Waals surface area contributed by atoms with Crippen molar-refractivity contribution in [2.24, 2.45) is 5.92 Å². The Morgan fingerprint density at radius 2 is 2.22 bits per heavy atom. The van der Waals surface area contributed by atoms with Crippen LogP contribution in [-0.2, 0) is 6.61 Å². The van der Waals surface area contributed by atoms with Crippen molar-refractivity contribution in [1.29, 1.82) is 0 Å². The van der Waals surface area contributed by atoms with Gasteiger partial charge in [-0.1, -0.05) is 0 Å². The van der Waals surface area contributed by atoms with Crippen LogP contribution in [0.4, 0.5) is 0 Å². The first-order valence-corrected chi connectivity index (χ1v) is 8.99. The highest BCUT2D eigenvalue weighted by atomic mass is 16.7. The number of oxazole rings is 1. The summed E-state index contributed by atoms with van der Waals surface area (Å²) in [6.07, 6.45) is 2.50. The van der Waals surface area contributed by atoms with Gasteiger partial charge in [0.2, 0.25) is 12.7 Å². The van der Waals surface area contributed by atoms with Gasteiger partial charge in [-0.25, -0.2) is 4.98 Å². The van der Waals surface area contributed by atoms with E-state index in [0.29, 0.717) is 34.8 Å². The van der Waals surface area contributed by atoms with Crippen LogP contribution in [0, 0.1) is 5.92 Å². The van der Waals surface area contributed by atoms with E-state index in [-0.39, 0.29) is 19.3 Å². The number of ether oxygens (including phenoxy) is 3. The van der Waals surface area contributed by atoms with Crippen molar-refractivity contribution in [3.63, 3.8) is 0 Å². The molecule has 0 unspecified atom stereocenters. The fraction of sp³-hybridized carbons (Fsp3) is 0.474. The van der Waals surface area contributed by atoms with E-state index >= 15 is 0 Å². The van der Waals surface area contributed by atoms with Crippen molar-refractivity contribution in [3.8, 4) is 17.2 Å². The third-order valence-electron chi connectivity index (χ3n) is 4.84. The molecule has 1 aromatic carbocycles. The number of nitrogens with zero attached hydrogens (tertiary/aromatic N) is 3. The maximum Gasteiger partial charge on any atom is 0.275 e. The highest BCUT2D eigenvalue weighted by Gasteiger charge is 2.24.